The van der Waals surface area contributed by atoms with Crippen LogP contribution in [0.2, 0.25) is 0 Å². The fraction of sp³-hybridized carbons (Fsp3) is 0.222. The third-order valence-electron chi connectivity index (χ3n) is 3.28. The van der Waals surface area contributed by atoms with Crippen LogP contribution in [-0.4, -0.2) is 31.6 Å². The number of alkyl halides is 2. The summed E-state index contributed by atoms with van der Waals surface area (Å²) in [7, 11) is 0. The van der Waals surface area contributed by atoms with Crippen LogP contribution in [0.15, 0.2) is 48.5 Å². The van der Waals surface area contributed by atoms with Gasteiger partial charge in [0.1, 0.15) is 11.6 Å². The van der Waals surface area contributed by atoms with Gasteiger partial charge in [-0.1, -0.05) is 18.2 Å². The van der Waals surface area contributed by atoms with E-state index in [1.807, 2.05) is 0 Å². The molecule has 0 aromatic heterocycles. The number of halogens is 3. The fourth-order valence-electron chi connectivity index (χ4n) is 2.06. The second kappa shape index (κ2) is 9.45. The summed E-state index contributed by atoms with van der Waals surface area (Å²) < 4.78 is 46.1. The maximum absolute atomic E-state index is 13.0. The quantitative estimate of drug-likeness (QED) is 0.729. The van der Waals surface area contributed by atoms with Gasteiger partial charge in [-0.2, -0.15) is 8.78 Å². The van der Waals surface area contributed by atoms with Crippen molar-refractivity contribution in [3.63, 3.8) is 0 Å². The molecule has 0 radical (unpaired) electrons. The minimum absolute atomic E-state index is 0.0175. The molecule has 2 aromatic carbocycles. The molecule has 26 heavy (non-hydrogen) atoms. The molecule has 0 fully saturated rings. The Bertz CT molecular complexity index is 750. The third-order valence-corrected chi connectivity index (χ3v) is 3.28. The lowest BCUT2D eigenvalue weighted by atomic mass is 10.1. The van der Waals surface area contributed by atoms with Gasteiger partial charge in [0, 0.05) is 6.54 Å². The average molecular weight is 367 g/mol. The molecule has 0 aliphatic rings. The Kier molecular flexibility index (Phi) is 7.02. The van der Waals surface area contributed by atoms with Crippen molar-refractivity contribution in [1.29, 1.82) is 0 Å². The van der Waals surface area contributed by atoms with Gasteiger partial charge in [-0.25, -0.2) is 9.18 Å². The molecule has 2 rings (SSSR count). The Morgan fingerprint density at radius 2 is 1.81 bits per heavy atom. The zero-order valence-corrected chi connectivity index (χ0v) is 13.6. The Hall–Kier alpha value is -3.03. The van der Waals surface area contributed by atoms with Crippen molar-refractivity contribution in [2.24, 2.45) is 0 Å². The lowest BCUT2D eigenvalue weighted by Crippen LogP contribution is -2.30. The SMILES string of the molecule is O=C(COC(=O)c1cccc(F)c1)NCCc1ccc(OC(F)F)cc1. The standard InChI is InChI=1S/C18H16F3NO4/c19-14-3-1-2-13(10-14)17(24)25-11-16(23)22-9-8-12-4-6-15(7-5-12)26-18(20)21/h1-7,10,18H,8-9,11H2,(H,22,23). The molecule has 2 aromatic rings. The van der Waals surface area contributed by atoms with Gasteiger partial charge in [-0.3, -0.25) is 4.79 Å². The Labute approximate surface area is 147 Å². The number of ether oxygens (including phenoxy) is 2. The molecule has 0 saturated heterocycles. The predicted molar refractivity (Wildman–Crippen MR) is 86.5 cm³/mol. The summed E-state index contributed by atoms with van der Waals surface area (Å²) in [5.41, 5.74) is 0.826. The first-order valence-electron chi connectivity index (χ1n) is 7.67. The van der Waals surface area contributed by atoms with Crippen LogP contribution in [0.1, 0.15) is 15.9 Å². The molecule has 1 N–H and O–H groups in total. The molecule has 138 valence electrons. The molecule has 0 spiro atoms. The Morgan fingerprint density at radius 3 is 2.46 bits per heavy atom. The highest BCUT2D eigenvalue weighted by atomic mass is 19.3. The first kappa shape index (κ1) is 19.3. The second-order valence-electron chi connectivity index (χ2n) is 5.21. The molecule has 0 atom stereocenters. The van der Waals surface area contributed by atoms with Crippen LogP contribution < -0.4 is 10.1 Å². The van der Waals surface area contributed by atoms with Crippen molar-refractivity contribution >= 4 is 11.9 Å². The number of hydrogen-bond donors (Lipinski definition) is 1. The normalized spacial score (nSPS) is 10.5. The topological polar surface area (TPSA) is 64.6 Å². The molecular formula is C18H16F3NO4. The zero-order chi connectivity index (χ0) is 18.9. The molecule has 1 amide bonds. The number of benzene rings is 2. The molecule has 5 nitrogen and oxygen atoms in total. The zero-order valence-electron chi connectivity index (χ0n) is 13.6. The smallest absolute Gasteiger partial charge is 0.387 e. The van der Waals surface area contributed by atoms with Crippen molar-refractivity contribution in [1.82, 2.24) is 5.32 Å². The number of nitrogens with one attached hydrogen (secondary N) is 1. The van der Waals surface area contributed by atoms with Gasteiger partial charge < -0.3 is 14.8 Å². The van der Waals surface area contributed by atoms with Crippen molar-refractivity contribution in [3.05, 3.63) is 65.5 Å². The van der Waals surface area contributed by atoms with E-state index in [2.05, 4.69) is 10.1 Å². The summed E-state index contributed by atoms with van der Waals surface area (Å²) in [5, 5.41) is 2.55. The van der Waals surface area contributed by atoms with Gasteiger partial charge >= 0.3 is 12.6 Å². The minimum Gasteiger partial charge on any atom is -0.452 e. The van der Waals surface area contributed by atoms with Crippen molar-refractivity contribution < 1.29 is 32.2 Å². The molecular weight excluding hydrogens is 351 g/mol. The fourth-order valence-corrected chi connectivity index (χ4v) is 2.06. The molecule has 0 saturated carbocycles. The maximum atomic E-state index is 13.0. The summed E-state index contributed by atoms with van der Waals surface area (Å²) in [6.45, 7) is -3.10. The van der Waals surface area contributed by atoms with Crippen LogP contribution in [0.5, 0.6) is 5.75 Å². The molecule has 0 bridgehead atoms. The van der Waals surface area contributed by atoms with Gasteiger partial charge in [0.2, 0.25) is 0 Å². The number of esters is 1. The minimum atomic E-state index is -2.88. The van der Waals surface area contributed by atoms with E-state index in [1.54, 1.807) is 12.1 Å². The van der Waals surface area contributed by atoms with Gasteiger partial charge in [0.15, 0.2) is 6.61 Å². The van der Waals surface area contributed by atoms with Crippen molar-refractivity contribution in [3.8, 4) is 5.75 Å². The largest absolute Gasteiger partial charge is 0.452 e. The predicted octanol–water partition coefficient (Wildman–Crippen LogP) is 2.94. The van der Waals surface area contributed by atoms with Crippen LogP contribution in [0.3, 0.4) is 0 Å². The first-order valence-corrected chi connectivity index (χ1v) is 7.67. The van der Waals surface area contributed by atoms with E-state index in [4.69, 9.17) is 4.74 Å². The van der Waals surface area contributed by atoms with Crippen LogP contribution in [-0.2, 0) is 16.0 Å². The monoisotopic (exact) mass is 367 g/mol. The van der Waals surface area contributed by atoms with Crippen molar-refractivity contribution in [2.75, 3.05) is 13.2 Å². The summed E-state index contributed by atoms with van der Waals surface area (Å²) in [4.78, 5) is 23.3. The molecule has 0 aliphatic carbocycles. The van der Waals surface area contributed by atoms with E-state index in [9.17, 15) is 22.8 Å². The lowest BCUT2D eigenvalue weighted by molar-refractivity contribution is -0.124. The number of rotatable bonds is 8. The number of amides is 1. The van der Waals surface area contributed by atoms with Crippen LogP contribution in [0.4, 0.5) is 13.2 Å². The summed E-state index contributed by atoms with van der Waals surface area (Å²) >= 11 is 0. The average Bonchev–Trinajstić information content (AvgIpc) is 2.60. The van der Waals surface area contributed by atoms with Gasteiger partial charge in [-0.15, -0.1) is 0 Å². The summed E-state index contributed by atoms with van der Waals surface area (Å²) in [6.07, 6.45) is 0.457. The van der Waals surface area contributed by atoms with Crippen LogP contribution >= 0.6 is 0 Å². The van der Waals surface area contributed by atoms with Gasteiger partial charge in [-0.05, 0) is 42.3 Å². The van der Waals surface area contributed by atoms with E-state index in [0.717, 1.165) is 11.6 Å². The third kappa shape index (κ3) is 6.46. The molecule has 0 heterocycles. The van der Waals surface area contributed by atoms with Crippen LogP contribution in [0.25, 0.3) is 0 Å². The molecule has 8 heteroatoms. The van der Waals surface area contributed by atoms with Gasteiger partial charge in [0.25, 0.3) is 5.91 Å². The lowest BCUT2D eigenvalue weighted by Gasteiger charge is -2.08. The van der Waals surface area contributed by atoms with E-state index >= 15 is 0 Å². The number of carbonyl (C=O) groups excluding carboxylic acids is 2. The van der Waals surface area contributed by atoms with E-state index < -0.39 is 30.9 Å². The maximum Gasteiger partial charge on any atom is 0.387 e. The Morgan fingerprint density at radius 1 is 1.08 bits per heavy atom. The molecule has 0 aliphatic heterocycles. The summed E-state index contributed by atoms with van der Waals surface area (Å²) in [6, 6.07) is 11.0. The van der Waals surface area contributed by atoms with Gasteiger partial charge in [0.05, 0.1) is 5.56 Å². The van der Waals surface area contributed by atoms with E-state index in [1.165, 1.54) is 30.3 Å². The highest BCUT2D eigenvalue weighted by molar-refractivity contribution is 5.91. The number of hydrogen-bond acceptors (Lipinski definition) is 4. The summed E-state index contributed by atoms with van der Waals surface area (Å²) in [5.74, 6) is -1.83. The number of carbonyl (C=O) groups is 2. The molecule has 0 unspecified atom stereocenters. The Balaban J connectivity index is 1.69. The van der Waals surface area contributed by atoms with Crippen molar-refractivity contribution in [2.45, 2.75) is 13.0 Å². The second-order valence-corrected chi connectivity index (χ2v) is 5.21. The van der Waals surface area contributed by atoms with E-state index in [0.29, 0.717) is 6.42 Å². The van der Waals surface area contributed by atoms with Crippen LogP contribution in [0, 0.1) is 5.82 Å². The highest BCUT2D eigenvalue weighted by Crippen LogP contribution is 2.15. The first-order chi connectivity index (χ1) is 12.4. The highest BCUT2D eigenvalue weighted by Gasteiger charge is 2.10. The van der Waals surface area contributed by atoms with E-state index in [-0.39, 0.29) is 17.9 Å².